The van der Waals surface area contributed by atoms with Crippen LogP contribution in [0, 0.1) is 5.92 Å². The maximum absolute atomic E-state index is 9.42. The van der Waals surface area contributed by atoms with E-state index >= 15 is 0 Å². The summed E-state index contributed by atoms with van der Waals surface area (Å²) >= 11 is 0. The molecule has 0 unspecified atom stereocenters. The van der Waals surface area contributed by atoms with E-state index in [0.29, 0.717) is 0 Å². The van der Waals surface area contributed by atoms with Crippen molar-refractivity contribution in [2.24, 2.45) is 5.92 Å². The monoisotopic (exact) mass is 270 g/mol. The Morgan fingerprint density at radius 1 is 1.25 bits per heavy atom. The van der Waals surface area contributed by atoms with Gasteiger partial charge in [-0.15, -0.1) is 0 Å². The second kappa shape index (κ2) is 5.80. The van der Waals surface area contributed by atoms with Crippen LogP contribution >= 0.6 is 0 Å². The van der Waals surface area contributed by atoms with Crippen molar-refractivity contribution < 1.29 is 5.11 Å². The first-order chi connectivity index (χ1) is 9.81. The van der Waals surface area contributed by atoms with E-state index in [1.807, 2.05) is 12.1 Å². The first-order valence-corrected chi connectivity index (χ1v) is 7.56. The summed E-state index contributed by atoms with van der Waals surface area (Å²) in [6.45, 7) is 4.43. The molecule has 1 aromatic carbocycles. The fraction of sp³-hybridized carbons (Fsp3) is 0.471. The second-order valence-electron chi connectivity index (χ2n) is 5.66. The topological polar surface area (TPSA) is 36.4 Å². The van der Waals surface area contributed by atoms with Crippen LogP contribution in [0.5, 0.6) is 0 Å². The highest BCUT2D eigenvalue weighted by molar-refractivity contribution is 5.92. The fourth-order valence-electron chi connectivity index (χ4n) is 3.11. The highest BCUT2D eigenvalue weighted by Gasteiger charge is 2.20. The Balaban J connectivity index is 1.98. The van der Waals surface area contributed by atoms with Gasteiger partial charge in [0.1, 0.15) is 5.82 Å². The summed E-state index contributed by atoms with van der Waals surface area (Å²) in [5, 5.41) is 11.8. The number of benzene rings is 1. The number of pyridine rings is 1. The summed E-state index contributed by atoms with van der Waals surface area (Å²) < 4.78 is 0. The van der Waals surface area contributed by atoms with Crippen molar-refractivity contribution in [3.05, 3.63) is 36.0 Å². The van der Waals surface area contributed by atoms with Gasteiger partial charge in [0, 0.05) is 18.5 Å². The van der Waals surface area contributed by atoms with Crippen LogP contribution < -0.4 is 4.90 Å². The molecule has 1 aliphatic rings. The van der Waals surface area contributed by atoms with Crippen LogP contribution in [0.15, 0.2) is 30.3 Å². The number of piperidine rings is 1. The van der Waals surface area contributed by atoms with Crippen molar-refractivity contribution in [3.63, 3.8) is 0 Å². The minimum atomic E-state index is 0.00323. The van der Waals surface area contributed by atoms with Gasteiger partial charge in [0.15, 0.2) is 0 Å². The lowest BCUT2D eigenvalue weighted by molar-refractivity contribution is 0.277. The first kappa shape index (κ1) is 13.4. The Kier molecular flexibility index (Phi) is 3.88. The van der Waals surface area contributed by atoms with Gasteiger partial charge in [-0.2, -0.15) is 0 Å². The summed E-state index contributed by atoms with van der Waals surface area (Å²) in [6, 6.07) is 10.3. The molecule has 0 aliphatic carbocycles. The van der Waals surface area contributed by atoms with Crippen molar-refractivity contribution >= 4 is 16.6 Å². The van der Waals surface area contributed by atoms with Crippen LogP contribution in [0.4, 0.5) is 5.82 Å². The van der Waals surface area contributed by atoms with Gasteiger partial charge < -0.3 is 10.0 Å². The molecule has 106 valence electrons. The van der Waals surface area contributed by atoms with E-state index in [2.05, 4.69) is 35.0 Å². The number of aliphatic hydroxyl groups excluding tert-OH is 1. The summed E-state index contributed by atoms with van der Waals surface area (Å²) in [5.74, 6) is 1.90. The lowest BCUT2D eigenvalue weighted by Crippen LogP contribution is -2.34. The summed E-state index contributed by atoms with van der Waals surface area (Å²) in [6.07, 6.45) is 3.77. The number of nitrogens with zero attached hydrogens (tertiary/aromatic N) is 2. The minimum Gasteiger partial charge on any atom is -0.390 e. The van der Waals surface area contributed by atoms with Gasteiger partial charge >= 0.3 is 0 Å². The Morgan fingerprint density at radius 2 is 2.00 bits per heavy atom. The predicted molar refractivity (Wildman–Crippen MR) is 82.9 cm³/mol. The third kappa shape index (κ3) is 2.50. The maximum Gasteiger partial charge on any atom is 0.136 e. The van der Waals surface area contributed by atoms with Gasteiger partial charge in [-0.1, -0.05) is 37.6 Å². The number of aliphatic hydroxyl groups is 1. The van der Waals surface area contributed by atoms with Crippen LogP contribution in [0.25, 0.3) is 10.8 Å². The van der Waals surface area contributed by atoms with E-state index < -0.39 is 0 Å². The SMILES string of the molecule is CCC1CCN(c2nc(CO)cc3ccccc23)CC1. The van der Waals surface area contributed by atoms with Crippen LogP contribution in [-0.2, 0) is 6.61 Å². The van der Waals surface area contributed by atoms with E-state index in [1.165, 1.54) is 30.0 Å². The molecule has 2 heterocycles. The van der Waals surface area contributed by atoms with E-state index in [-0.39, 0.29) is 6.61 Å². The normalized spacial score (nSPS) is 16.8. The minimum absolute atomic E-state index is 0.00323. The molecule has 3 nitrogen and oxygen atoms in total. The van der Waals surface area contributed by atoms with Crippen molar-refractivity contribution in [3.8, 4) is 0 Å². The van der Waals surface area contributed by atoms with Crippen molar-refractivity contribution in [2.75, 3.05) is 18.0 Å². The lowest BCUT2D eigenvalue weighted by Gasteiger charge is -2.33. The average molecular weight is 270 g/mol. The molecule has 2 aromatic rings. The molecule has 3 rings (SSSR count). The molecule has 3 heteroatoms. The average Bonchev–Trinajstić information content (AvgIpc) is 2.54. The van der Waals surface area contributed by atoms with E-state index in [4.69, 9.17) is 0 Å². The number of aromatic nitrogens is 1. The van der Waals surface area contributed by atoms with Gasteiger partial charge in [-0.3, -0.25) is 0 Å². The lowest BCUT2D eigenvalue weighted by atomic mass is 9.94. The number of anilines is 1. The molecule has 1 fully saturated rings. The fourth-order valence-corrected chi connectivity index (χ4v) is 3.11. The van der Waals surface area contributed by atoms with Crippen LogP contribution in [0.2, 0.25) is 0 Å². The van der Waals surface area contributed by atoms with E-state index in [0.717, 1.165) is 30.5 Å². The smallest absolute Gasteiger partial charge is 0.136 e. The molecule has 0 atom stereocenters. The zero-order valence-electron chi connectivity index (χ0n) is 12.0. The second-order valence-corrected chi connectivity index (χ2v) is 5.66. The van der Waals surface area contributed by atoms with Gasteiger partial charge in [0.2, 0.25) is 0 Å². The Bertz CT molecular complexity index is 589. The van der Waals surface area contributed by atoms with Crippen molar-refractivity contribution in [1.82, 2.24) is 4.98 Å². The highest BCUT2D eigenvalue weighted by atomic mass is 16.3. The molecule has 1 saturated heterocycles. The third-order valence-corrected chi connectivity index (χ3v) is 4.43. The molecule has 0 radical (unpaired) electrons. The van der Waals surface area contributed by atoms with E-state index in [1.54, 1.807) is 0 Å². The van der Waals surface area contributed by atoms with E-state index in [9.17, 15) is 5.11 Å². The number of rotatable bonds is 3. The summed E-state index contributed by atoms with van der Waals surface area (Å²) in [4.78, 5) is 7.05. The van der Waals surface area contributed by atoms with Gasteiger partial charge in [-0.05, 0) is 30.2 Å². The van der Waals surface area contributed by atoms with Gasteiger partial charge in [0.25, 0.3) is 0 Å². The standard InChI is InChI=1S/C17H22N2O/c1-2-13-7-9-19(10-8-13)17-16-6-4-3-5-14(16)11-15(12-20)18-17/h3-6,11,13,20H,2,7-10,12H2,1H3. The summed E-state index contributed by atoms with van der Waals surface area (Å²) in [5.41, 5.74) is 0.760. The zero-order chi connectivity index (χ0) is 13.9. The molecular weight excluding hydrogens is 248 g/mol. The Hall–Kier alpha value is -1.61. The number of hydrogen-bond donors (Lipinski definition) is 1. The quantitative estimate of drug-likeness (QED) is 0.929. The number of hydrogen-bond acceptors (Lipinski definition) is 3. The molecule has 1 aliphatic heterocycles. The van der Waals surface area contributed by atoms with Gasteiger partial charge in [0.05, 0.1) is 12.3 Å². The molecule has 1 aromatic heterocycles. The Morgan fingerprint density at radius 3 is 2.70 bits per heavy atom. The number of fused-ring (bicyclic) bond motifs is 1. The zero-order valence-corrected chi connectivity index (χ0v) is 12.0. The van der Waals surface area contributed by atoms with Crippen LogP contribution in [-0.4, -0.2) is 23.2 Å². The molecule has 0 amide bonds. The highest BCUT2D eigenvalue weighted by Crippen LogP contribution is 2.30. The molecule has 20 heavy (non-hydrogen) atoms. The first-order valence-electron chi connectivity index (χ1n) is 7.56. The summed E-state index contributed by atoms with van der Waals surface area (Å²) in [7, 11) is 0. The maximum atomic E-state index is 9.42. The van der Waals surface area contributed by atoms with Crippen LogP contribution in [0.3, 0.4) is 0 Å². The molecular formula is C17H22N2O. The Labute approximate surface area is 120 Å². The largest absolute Gasteiger partial charge is 0.390 e. The molecule has 0 spiro atoms. The van der Waals surface area contributed by atoms with Crippen LogP contribution in [0.1, 0.15) is 31.9 Å². The molecule has 0 saturated carbocycles. The third-order valence-electron chi connectivity index (χ3n) is 4.43. The molecule has 0 bridgehead atoms. The van der Waals surface area contributed by atoms with Crippen molar-refractivity contribution in [1.29, 1.82) is 0 Å². The van der Waals surface area contributed by atoms with Crippen molar-refractivity contribution in [2.45, 2.75) is 32.8 Å². The molecule has 1 N–H and O–H groups in total. The predicted octanol–water partition coefficient (Wildman–Crippen LogP) is 3.35. The van der Waals surface area contributed by atoms with Gasteiger partial charge in [-0.25, -0.2) is 4.98 Å².